The van der Waals surface area contributed by atoms with E-state index < -0.39 is 17.8 Å². The van der Waals surface area contributed by atoms with E-state index in [-0.39, 0.29) is 23.2 Å². The number of esters is 1. The van der Waals surface area contributed by atoms with Crippen LogP contribution in [0.5, 0.6) is 0 Å². The number of hydrogen-bond acceptors (Lipinski definition) is 5. The van der Waals surface area contributed by atoms with Crippen LogP contribution >= 0.6 is 0 Å². The molecule has 0 amide bonds. The van der Waals surface area contributed by atoms with Gasteiger partial charge in [0.15, 0.2) is 0 Å². The van der Waals surface area contributed by atoms with Gasteiger partial charge in [0.25, 0.3) is 0 Å². The SMILES string of the molecule is CC(=O)O[C@@H]1C[C@H]2[C@@H]3CCC(=O)[C@@]3(C)CC[C@@H]2[C@@]2(C)CC[C@H](O)C[C@]12O. The summed E-state index contributed by atoms with van der Waals surface area (Å²) in [4.78, 5) is 24.3. The summed E-state index contributed by atoms with van der Waals surface area (Å²) in [6, 6.07) is 0. The molecule has 8 atom stereocenters. The van der Waals surface area contributed by atoms with Crippen molar-refractivity contribution in [3.8, 4) is 0 Å². The Morgan fingerprint density at radius 1 is 1.15 bits per heavy atom. The van der Waals surface area contributed by atoms with Crippen LogP contribution in [0.1, 0.15) is 72.1 Å². The van der Waals surface area contributed by atoms with Gasteiger partial charge in [-0.2, -0.15) is 0 Å². The molecule has 4 saturated carbocycles. The Kier molecular flexibility index (Phi) is 4.09. The molecule has 0 radical (unpaired) electrons. The average Bonchev–Trinajstić information content (AvgIpc) is 2.85. The molecule has 0 aliphatic heterocycles. The van der Waals surface area contributed by atoms with E-state index in [0.29, 0.717) is 42.8 Å². The molecule has 146 valence electrons. The molecule has 0 bridgehead atoms. The fourth-order valence-corrected chi connectivity index (χ4v) is 7.35. The van der Waals surface area contributed by atoms with Crippen LogP contribution in [0, 0.1) is 28.6 Å². The second kappa shape index (κ2) is 5.78. The van der Waals surface area contributed by atoms with E-state index in [0.717, 1.165) is 25.7 Å². The van der Waals surface area contributed by atoms with Gasteiger partial charge in [0.2, 0.25) is 0 Å². The highest BCUT2D eigenvalue weighted by molar-refractivity contribution is 5.87. The van der Waals surface area contributed by atoms with Crippen LogP contribution in [-0.4, -0.2) is 39.8 Å². The van der Waals surface area contributed by atoms with Gasteiger partial charge in [0.1, 0.15) is 17.5 Å². The molecule has 26 heavy (non-hydrogen) atoms. The lowest BCUT2D eigenvalue weighted by molar-refractivity contribution is -0.267. The third kappa shape index (κ3) is 2.29. The van der Waals surface area contributed by atoms with Crippen molar-refractivity contribution in [3.63, 3.8) is 0 Å². The van der Waals surface area contributed by atoms with Gasteiger partial charge in [-0.1, -0.05) is 13.8 Å². The maximum absolute atomic E-state index is 12.6. The average molecular weight is 364 g/mol. The minimum absolute atomic E-state index is 0.248. The number of rotatable bonds is 1. The minimum atomic E-state index is -1.19. The van der Waals surface area contributed by atoms with Crippen molar-refractivity contribution in [2.45, 2.75) is 89.9 Å². The first-order valence-electron chi connectivity index (χ1n) is 10.2. The van der Waals surface area contributed by atoms with Gasteiger partial charge >= 0.3 is 5.97 Å². The summed E-state index contributed by atoms with van der Waals surface area (Å²) < 4.78 is 5.65. The van der Waals surface area contributed by atoms with Gasteiger partial charge in [0, 0.05) is 30.6 Å². The van der Waals surface area contributed by atoms with E-state index in [4.69, 9.17) is 4.74 Å². The van der Waals surface area contributed by atoms with Crippen molar-refractivity contribution in [2.24, 2.45) is 28.6 Å². The Bertz CT molecular complexity index is 632. The Morgan fingerprint density at radius 2 is 1.88 bits per heavy atom. The molecule has 4 fully saturated rings. The molecule has 0 aromatic carbocycles. The zero-order valence-electron chi connectivity index (χ0n) is 16.2. The lowest BCUT2D eigenvalue weighted by Crippen LogP contribution is -2.69. The third-order valence-corrected chi connectivity index (χ3v) is 8.82. The lowest BCUT2D eigenvalue weighted by atomic mass is 9.43. The number of fused-ring (bicyclic) bond motifs is 5. The Balaban J connectivity index is 1.75. The van der Waals surface area contributed by atoms with Crippen molar-refractivity contribution in [1.82, 2.24) is 0 Å². The molecule has 2 N–H and O–H groups in total. The number of hydrogen-bond donors (Lipinski definition) is 2. The molecular formula is C21H32O5. The first kappa shape index (κ1) is 18.4. The van der Waals surface area contributed by atoms with Gasteiger partial charge in [-0.25, -0.2) is 0 Å². The third-order valence-electron chi connectivity index (χ3n) is 8.82. The Hall–Kier alpha value is -0.940. The zero-order chi connectivity index (χ0) is 18.9. The summed E-state index contributed by atoms with van der Waals surface area (Å²) in [5.41, 5.74) is -1.82. The van der Waals surface area contributed by atoms with Crippen LogP contribution in [-0.2, 0) is 14.3 Å². The number of carbonyl (C=O) groups is 2. The van der Waals surface area contributed by atoms with Gasteiger partial charge < -0.3 is 14.9 Å². The van der Waals surface area contributed by atoms with Crippen molar-refractivity contribution >= 4 is 11.8 Å². The van der Waals surface area contributed by atoms with Crippen molar-refractivity contribution in [2.75, 3.05) is 0 Å². The number of aliphatic hydroxyl groups is 2. The Labute approximate surface area is 155 Å². The van der Waals surface area contributed by atoms with Crippen LogP contribution in [0.2, 0.25) is 0 Å². The molecule has 4 aliphatic rings. The van der Waals surface area contributed by atoms with Gasteiger partial charge in [-0.3, -0.25) is 9.59 Å². The second-order valence-electron chi connectivity index (χ2n) is 9.87. The maximum atomic E-state index is 12.6. The Morgan fingerprint density at radius 3 is 2.58 bits per heavy atom. The van der Waals surface area contributed by atoms with E-state index in [1.54, 1.807) is 0 Å². The standard InChI is InChI=1S/C21H32O5/c1-12(22)26-18-10-14-15-4-5-17(24)19(15,2)8-7-16(14)20(3)9-6-13(23)11-21(18,20)25/h13-16,18,23,25H,4-11H2,1-3H3/t13-,14-,15-,16-,18+,19-,20+,21-/m0/s1. The van der Waals surface area contributed by atoms with Crippen molar-refractivity contribution in [1.29, 1.82) is 0 Å². The monoisotopic (exact) mass is 364 g/mol. The van der Waals surface area contributed by atoms with E-state index >= 15 is 0 Å². The van der Waals surface area contributed by atoms with Gasteiger partial charge in [-0.05, 0) is 56.3 Å². The molecule has 0 spiro atoms. The summed E-state index contributed by atoms with van der Waals surface area (Å²) in [6.45, 7) is 5.64. The summed E-state index contributed by atoms with van der Waals surface area (Å²) in [5, 5.41) is 22.0. The van der Waals surface area contributed by atoms with Crippen LogP contribution in [0.4, 0.5) is 0 Å². The maximum Gasteiger partial charge on any atom is 0.303 e. The largest absolute Gasteiger partial charge is 0.459 e. The van der Waals surface area contributed by atoms with Crippen LogP contribution in [0.15, 0.2) is 0 Å². The molecule has 0 saturated heterocycles. The molecule has 0 heterocycles. The molecule has 4 rings (SSSR count). The molecule has 0 aromatic rings. The summed E-state index contributed by atoms with van der Waals surface area (Å²) in [5.74, 6) is 0.932. The highest BCUT2D eigenvalue weighted by Crippen LogP contribution is 2.66. The first-order chi connectivity index (χ1) is 12.1. The van der Waals surface area contributed by atoms with Crippen molar-refractivity contribution in [3.05, 3.63) is 0 Å². The second-order valence-corrected chi connectivity index (χ2v) is 9.87. The lowest BCUT2D eigenvalue weighted by Gasteiger charge is -2.65. The molecule has 0 aromatic heterocycles. The van der Waals surface area contributed by atoms with Crippen LogP contribution in [0.25, 0.3) is 0 Å². The van der Waals surface area contributed by atoms with Gasteiger partial charge in [-0.15, -0.1) is 0 Å². The van der Waals surface area contributed by atoms with Gasteiger partial charge in [0.05, 0.1) is 6.10 Å². The summed E-state index contributed by atoms with van der Waals surface area (Å²) in [6.07, 6.45) is 4.54. The smallest absolute Gasteiger partial charge is 0.303 e. The van der Waals surface area contributed by atoms with Crippen molar-refractivity contribution < 1.29 is 24.5 Å². The number of Topliss-reactive ketones (excluding diaryl/α,β-unsaturated/α-hetero) is 1. The zero-order valence-corrected chi connectivity index (χ0v) is 16.2. The van der Waals surface area contributed by atoms with Crippen LogP contribution < -0.4 is 0 Å². The number of ketones is 1. The van der Waals surface area contributed by atoms with E-state index in [1.807, 2.05) is 0 Å². The van der Waals surface area contributed by atoms with Crippen LogP contribution in [0.3, 0.4) is 0 Å². The highest BCUT2D eigenvalue weighted by Gasteiger charge is 2.68. The summed E-state index contributed by atoms with van der Waals surface area (Å²) in [7, 11) is 0. The topological polar surface area (TPSA) is 83.8 Å². The predicted octanol–water partition coefficient (Wildman–Crippen LogP) is 2.62. The molecule has 4 aliphatic carbocycles. The van der Waals surface area contributed by atoms with E-state index in [9.17, 15) is 19.8 Å². The molecular weight excluding hydrogens is 332 g/mol. The first-order valence-corrected chi connectivity index (χ1v) is 10.2. The number of carbonyl (C=O) groups excluding carboxylic acids is 2. The fraction of sp³-hybridized carbons (Fsp3) is 0.905. The molecule has 5 heteroatoms. The highest BCUT2D eigenvalue weighted by atomic mass is 16.6. The molecule has 5 nitrogen and oxygen atoms in total. The fourth-order valence-electron chi connectivity index (χ4n) is 7.35. The summed E-state index contributed by atoms with van der Waals surface area (Å²) >= 11 is 0. The predicted molar refractivity (Wildman–Crippen MR) is 95.1 cm³/mol. The normalized spacial score (nSPS) is 53.4. The minimum Gasteiger partial charge on any atom is -0.459 e. The quantitative estimate of drug-likeness (QED) is 0.699. The number of ether oxygens (including phenoxy) is 1. The van der Waals surface area contributed by atoms with E-state index in [1.165, 1.54) is 6.92 Å². The van der Waals surface area contributed by atoms with E-state index in [2.05, 4.69) is 13.8 Å². The molecule has 0 unspecified atom stereocenters. The number of aliphatic hydroxyl groups excluding tert-OH is 1.